The van der Waals surface area contributed by atoms with Crippen LogP contribution in [0.1, 0.15) is 0 Å². The molecular weight excluding hydrogens is 929 g/mol. The standard InChI is InChI=1S/C70H46N4O2/c1-3-15-59(16-4-1)73(61-33-23-49(24-34-61)55-21-19-47-11-7-9-13-53(47)43-55)63-37-27-51(28-38-63)69-71-65-45-57(31-41-67(65)75-69)58-32-42-68-66(46-58)72-70(76-68)52-29-39-64(40-30-52)74(60-17-5-2-6-18-60)62-35-25-50(26-36-62)56-22-20-48-12-8-10-14-54(48)44-56/h1-46H. The van der Waals surface area contributed by atoms with E-state index >= 15 is 0 Å². The van der Waals surface area contributed by atoms with Crippen molar-refractivity contribution in [3.8, 4) is 56.3 Å². The molecule has 0 aliphatic carbocycles. The Morgan fingerprint density at radius 1 is 0.224 bits per heavy atom. The number of para-hydroxylation sites is 2. The molecule has 0 saturated heterocycles. The molecule has 14 rings (SSSR count). The lowest BCUT2D eigenvalue weighted by Crippen LogP contribution is -2.09. The molecule has 0 aliphatic heterocycles. The van der Waals surface area contributed by atoms with Gasteiger partial charge in [-0.25, -0.2) is 9.97 Å². The number of oxazole rings is 2. The number of hydrogen-bond donors (Lipinski definition) is 0. The monoisotopic (exact) mass is 974 g/mol. The summed E-state index contributed by atoms with van der Waals surface area (Å²) in [7, 11) is 0. The van der Waals surface area contributed by atoms with Gasteiger partial charge in [0, 0.05) is 45.3 Å². The van der Waals surface area contributed by atoms with Crippen molar-refractivity contribution in [3.05, 3.63) is 279 Å². The van der Waals surface area contributed by atoms with Gasteiger partial charge < -0.3 is 18.6 Å². The van der Waals surface area contributed by atoms with Crippen molar-refractivity contribution in [2.75, 3.05) is 9.80 Å². The Morgan fingerprint density at radius 3 is 0.895 bits per heavy atom. The van der Waals surface area contributed by atoms with E-state index < -0.39 is 0 Å². The van der Waals surface area contributed by atoms with Crippen LogP contribution in [0.3, 0.4) is 0 Å². The predicted octanol–water partition coefficient (Wildman–Crippen LogP) is 19.6. The first-order valence-corrected chi connectivity index (χ1v) is 25.5. The van der Waals surface area contributed by atoms with Crippen LogP contribution in [0, 0.1) is 0 Å². The zero-order valence-electron chi connectivity index (χ0n) is 41.2. The van der Waals surface area contributed by atoms with Gasteiger partial charge in [-0.05, 0) is 188 Å². The number of aromatic nitrogens is 2. The second-order valence-corrected chi connectivity index (χ2v) is 19.1. The number of fused-ring (bicyclic) bond motifs is 4. The number of hydrogen-bond acceptors (Lipinski definition) is 6. The summed E-state index contributed by atoms with van der Waals surface area (Å²) in [4.78, 5) is 14.5. The van der Waals surface area contributed by atoms with Crippen molar-refractivity contribution in [2.24, 2.45) is 0 Å². The number of benzene rings is 12. The summed E-state index contributed by atoms with van der Waals surface area (Å²) in [6.07, 6.45) is 0. The summed E-state index contributed by atoms with van der Waals surface area (Å²) < 4.78 is 12.7. The van der Waals surface area contributed by atoms with Crippen molar-refractivity contribution in [1.29, 1.82) is 0 Å². The lowest BCUT2D eigenvalue weighted by Gasteiger charge is -2.25. The van der Waals surface area contributed by atoms with E-state index in [4.69, 9.17) is 18.8 Å². The fourth-order valence-corrected chi connectivity index (χ4v) is 10.4. The molecule has 0 amide bonds. The van der Waals surface area contributed by atoms with Gasteiger partial charge in [-0.2, -0.15) is 0 Å². The first-order valence-electron chi connectivity index (χ1n) is 25.5. The molecule has 0 spiro atoms. The smallest absolute Gasteiger partial charge is 0.227 e. The van der Waals surface area contributed by atoms with Crippen LogP contribution in [0.25, 0.3) is 100 Å². The number of rotatable bonds is 11. The molecule has 14 aromatic rings. The van der Waals surface area contributed by atoms with Gasteiger partial charge in [-0.15, -0.1) is 0 Å². The van der Waals surface area contributed by atoms with Crippen LogP contribution in [0.5, 0.6) is 0 Å². The maximum absolute atomic E-state index is 6.37. The Bertz CT molecular complexity index is 4090. The molecule has 0 unspecified atom stereocenters. The van der Waals surface area contributed by atoms with Crippen molar-refractivity contribution < 1.29 is 8.83 Å². The molecule has 12 aromatic carbocycles. The molecule has 0 fully saturated rings. The molecule has 0 aliphatic rings. The maximum Gasteiger partial charge on any atom is 0.227 e. The van der Waals surface area contributed by atoms with Gasteiger partial charge >= 0.3 is 0 Å². The summed E-state index contributed by atoms with van der Waals surface area (Å²) >= 11 is 0. The van der Waals surface area contributed by atoms with Gasteiger partial charge in [0.2, 0.25) is 11.8 Å². The van der Waals surface area contributed by atoms with Crippen LogP contribution in [0.2, 0.25) is 0 Å². The van der Waals surface area contributed by atoms with Gasteiger partial charge in [0.1, 0.15) is 11.0 Å². The molecule has 0 bridgehead atoms. The summed E-state index contributed by atoms with van der Waals surface area (Å²) in [5, 5.41) is 4.94. The zero-order chi connectivity index (χ0) is 50.4. The molecule has 0 atom stereocenters. The molecule has 0 N–H and O–H groups in total. The van der Waals surface area contributed by atoms with Crippen molar-refractivity contribution in [2.45, 2.75) is 0 Å². The zero-order valence-corrected chi connectivity index (χ0v) is 41.2. The molecule has 0 radical (unpaired) electrons. The van der Waals surface area contributed by atoms with E-state index in [-0.39, 0.29) is 0 Å². The molecule has 6 nitrogen and oxygen atoms in total. The first kappa shape index (κ1) is 44.4. The van der Waals surface area contributed by atoms with Crippen LogP contribution in [-0.4, -0.2) is 9.97 Å². The van der Waals surface area contributed by atoms with Gasteiger partial charge in [0.05, 0.1) is 0 Å². The SMILES string of the molecule is c1ccc(N(c2ccc(-c3ccc4ccccc4c3)cc2)c2ccc(-c3nc4cc(-c5ccc6oc(-c7ccc(N(c8ccccc8)c8ccc(-c9ccc%10ccccc%10c9)cc8)cc7)nc6c5)ccc4o3)cc2)cc1. The second-order valence-electron chi connectivity index (χ2n) is 19.1. The first-order chi connectivity index (χ1) is 37.6. The molecule has 6 heteroatoms. The quantitative estimate of drug-likeness (QED) is 0.129. The summed E-state index contributed by atoms with van der Waals surface area (Å²) in [5.74, 6) is 1.13. The molecular formula is C70H46N4O2. The largest absolute Gasteiger partial charge is 0.436 e. The fraction of sp³-hybridized carbons (Fsp3) is 0. The minimum Gasteiger partial charge on any atom is -0.436 e. The Morgan fingerprint density at radius 2 is 0.513 bits per heavy atom. The van der Waals surface area contributed by atoms with Crippen molar-refractivity contribution >= 4 is 77.9 Å². The highest BCUT2D eigenvalue weighted by molar-refractivity contribution is 5.91. The normalized spacial score (nSPS) is 11.4. The lowest BCUT2D eigenvalue weighted by molar-refractivity contribution is 0.619. The third kappa shape index (κ3) is 8.49. The highest BCUT2D eigenvalue weighted by Gasteiger charge is 2.18. The van der Waals surface area contributed by atoms with Crippen LogP contribution in [0.4, 0.5) is 34.1 Å². The average molecular weight is 975 g/mol. The Balaban J connectivity index is 0.698. The van der Waals surface area contributed by atoms with Crippen LogP contribution >= 0.6 is 0 Å². The van der Waals surface area contributed by atoms with Crippen LogP contribution in [0.15, 0.2) is 288 Å². The molecule has 76 heavy (non-hydrogen) atoms. The third-order valence-corrected chi connectivity index (χ3v) is 14.3. The molecule has 2 heterocycles. The highest BCUT2D eigenvalue weighted by atomic mass is 16.4. The van der Waals surface area contributed by atoms with E-state index in [0.717, 1.165) is 78.6 Å². The summed E-state index contributed by atoms with van der Waals surface area (Å²) in [6, 6.07) is 97.8. The minimum absolute atomic E-state index is 0.564. The summed E-state index contributed by atoms with van der Waals surface area (Å²) in [5.41, 5.74) is 17.9. The fourth-order valence-electron chi connectivity index (χ4n) is 10.4. The highest BCUT2D eigenvalue weighted by Crippen LogP contribution is 2.40. The van der Waals surface area contributed by atoms with Gasteiger partial charge in [-0.3, -0.25) is 0 Å². The Hall–Kier alpha value is -10.3. The molecule has 0 saturated carbocycles. The minimum atomic E-state index is 0.564. The second kappa shape index (κ2) is 19.0. The van der Waals surface area contributed by atoms with Gasteiger partial charge in [0.25, 0.3) is 0 Å². The maximum atomic E-state index is 6.37. The van der Waals surface area contributed by atoms with Crippen LogP contribution < -0.4 is 9.80 Å². The van der Waals surface area contributed by atoms with Crippen molar-refractivity contribution in [3.63, 3.8) is 0 Å². The van der Waals surface area contributed by atoms with E-state index in [1.165, 1.54) is 43.8 Å². The van der Waals surface area contributed by atoms with Crippen LogP contribution in [-0.2, 0) is 0 Å². The van der Waals surface area contributed by atoms with Crippen molar-refractivity contribution in [1.82, 2.24) is 9.97 Å². The van der Waals surface area contributed by atoms with Gasteiger partial charge in [-0.1, -0.05) is 146 Å². The van der Waals surface area contributed by atoms with E-state index in [2.05, 4.69) is 265 Å². The number of anilines is 6. The Labute approximate surface area is 439 Å². The average Bonchev–Trinajstić information content (AvgIpc) is 4.15. The lowest BCUT2D eigenvalue weighted by atomic mass is 10.0. The Kier molecular flexibility index (Phi) is 11.1. The number of nitrogens with zero attached hydrogens (tertiary/aromatic N) is 4. The van der Waals surface area contributed by atoms with E-state index in [0.29, 0.717) is 11.8 Å². The van der Waals surface area contributed by atoms with E-state index in [1.807, 2.05) is 24.3 Å². The predicted molar refractivity (Wildman–Crippen MR) is 313 cm³/mol. The molecule has 2 aromatic heterocycles. The molecule has 358 valence electrons. The third-order valence-electron chi connectivity index (χ3n) is 14.3. The summed E-state index contributed by atoms with van der Waals surface area (Å²) in [6.45, 7) is 0. The van der Waals surface area contributed by atoms with Gasteiger partial charge in [0.15, 0.2) is 11.2 Å². The van der Waals surface area contributed by atoms with E-state index in [1.54, 1.807) is 0 Å². The topological polar surface area (TPSA) is 58.5 Å². The van der Waals surface area contributed by atoms with E-state index in [9.17, 15) is 0 Å².